The minimum atomic E-state index is -0.528. The molecule has 17 heavy (non-hydrogen) atoms. The molecule has 1 aliphatic carbocycles. The third kappa shape index (κ3) is 3.30. The number of pyridine rings is 1. The van der Waals surface area contributed by atoms with Crippen molar-refractivity contribution in [2.24, 2.45) is 0 Å². The van der Waals surface area contributed by atoms with Crippen molar-refractivity contribution in [1.29, 1.82) is 0 Å². The normalized spacial score (nSPS) is 14.5. The van der Waals surface area contributed by atoms with Gasteiger partial charge in [-0.1, -0.05) is 11.6 Å². The number of hydrogen-bond donors (Lipinski definition) is 1. The minimum absolute atomic E-state index is 0.0854. The van der Waals surface area contributed by atoms with Crippen molar-refractivity contribution < 1.29 is 9.18 Å². The summed E-state index contributed by atoms with van der Waals surface area (Å²) in [5, 5.41) is 3.07. The van der Waals surface area contributed by atoms with E-state index in [1.165, 1.54) is 17.2 Å². The van der Waals surface area contributed by atoms with Crippen molar-refractivity contribution in [2.45, 2.75) is 18.9 Å². The van der Waals surface area contributed by atoms with Crippen LogP contribution in [0.3, 0.4) is 0 Å². The monoisotopic (exact) mass is 257 g/mol. The molecule has 1 aromatic heterocycles. The number of carbonyl (C=O) groups is 1. The summed E-state index contributed by atoms with van der Waals surface area (Å²) in [7, 11) is 1.62. The van der Waals surface area contributed by atoms with Crippen LogP contribution in [0, 0.1) is 5.82 Å². The van der Waals surface area contributed by atoms with E-state index in [4.69, 9.17) is 11.6 Å². The molecule has 0 spiro atoms. The average Bonchev–Trinajstić information content (AvgIpc) is 3.00. The second kappa shape index (κ2) is 4.87. The lowest BCUT2D eigenvalue weighted by Crippen LogP contribution is -2.36. The van der Waals surface area contributed by atoms with E-state index in [0.29, 0.717) is 6.04 Å². The summed E-state index contributed by atoms with van der Waals surface area (Å²) in [5.41, 5.74) is 0. The van der Waals surface area contributed by atoms with Crippen molar-refractivity contribution in [3.63, 3.8) is 0 Å². The summed E-state index contributed by atoms with van der Waals surface area (Å²) < 4.78 is 13.5. The predicted octanol–water partition coefficient (Wildman–Crippen LogP) is 1.59. The molecule has 0 aliphatic heterocycles. The van der Waals surface area contributed by atoms with Crippen LogP contribution < -0.4 is 10.2 Å². The van der Waals surface area contributed by atoms with Gasteiger partial charge in [0.2, 0.25) is 5.91 Å². The lowest BCUT2D eigenvalue weighted by Gasteiger charge is -2.18. The molecule has 1 aliphatic rings. The average molecular weight is 258 g/mol. The largest absolute Gasteiger partial charge is 0.352 e. The molecule has 0 radical (unpaired) electrons. The highest BCUT2D eigenvalue weighted by Gasteiger charge is 2.24. The standard InChI is InChI=1S/C11H13ClFN3O/c1-16(6-10(17)15-8-2-3-8)11-9(13)4-7(12)5-14-11/h4-5,8H,2-3,6H2,1H3,(H,15,17). The molecule has 4 nitrogen and oxygen atoms in total. The number of likely N-dealkylation sites (N-methyl/N-ethyl adjacent to an activating group) is 1. The lowest BCUT2D eigenvalue weighted by molar-refractivity contribution is -0.119. The summed E-state index contributed by atoms with van der Waals surface area (Å²) >= 11 is 5.60. The number of anilines is 1. The van der Waals surface area contributed by atoms with Crippen molar-refractivity contribution >= 4 is 23.3 Å². The van der Waals surface area contributed by atoms with Gasteiger partial charge in [0.05, 0.1) is 11.6 Å². The lowest BCUT2D eigenvalue weighted by atomic mass is 10.4. The Labute approximate surface area is 104 Å². The van der Waals surface area contributed by atoms with Crippen LogP contribution in [-0.4, -0.2) is 30.5 Å². The number of nitrogens with one attached hydrogen (secondary N) is 1. The van der Waals surface area contributed by atoms with E-state index in [2.05, 4.69) is 10.3 Å². The first-order valence-corrected chi connectivity index (χ1v) is 5.75. The predicted molar refractivity (Wildman–Crippen MR) is 63.6 cm³/mol. The fourth-order valence-electron chi connectivity index (χ4n) is 1.48. The van der Waals surface area contributed by atoms with Gasteiger partial charge in [0.25, 0.3) is 0 Å². The smallest absolute Gasteiger partial charge is 0.239 e. The first-order valence-electron chi connectivity index (χ1n) is 5.38. The minimum Gasteiger partial charge on any atom is -0.352 e. The molecule has 1 heterocycles. The van der Waals surface area contributed by atoms with E-state index in [1.807, 2.05) is 0 Å². The highest BCUT2D eigenvalue weighted by Crippen LogP contribution is 2.20. The number of nitrogens with zero attached hydrogens (tertiary/aromatic N) is 2. The summed E-state index contributed by atoms with van der Waals surface area (Å²) in [6.07, 6.45) is 3.42. The fourth-order valence-corrected chi connectivity index (χ4v) is 1.62. The molecule has 92 valence electrons. The highest BCUT2D eigenvalue weighted by molar-refractivity contribution is 6.30. The number of halogens is 2. The van der Waals surface area contributed by atoms with E-state index in [-0.39, 0.29) is 23.3 Å². The van der Waals surface area contributed by atoms with E-state index < -0.39 is 5.82 Å². The topological polar surface area (TPSA) is 45.2 Å². The van der Waals surface area contributed by atoms with E-state index in [1.54, 1.807) is 7.05 Å². The third-order valence-corrected chi connectivity index (χ3v) is 2.68. The maximum Gasteiger partial charge on any atom is 0.239 e. The van der Waals surface area contributed by atoms with Gasteiger partial charge in [-0.2, -0.15) is 0 Å². The van der Waals surface area contributed by atoms with Gasteiger partial charge in [-0.25, -0.2) is 9.37 Å². The molecule has 6 heteroatoms. The van der Waals surface area contributed by atoms with E-state index in [0.717, 1.165) is 12.8 Å². The second-order valence-corrected chi connectivity index (χ2v) is 4.59. The maximum atomic E-state index is 13.5. The summed E-state index contributed by atoms with van der Waals surface area (Å²) in [6, 6.07) is 1.48. The first-order chi connectivity index (χ1) is 8.06. The van der Waals surface area contributed by atoms with Crippen LogP contribution in [0.5, 0.6) is 0 Å². The van der Waals surface area contributed by atoms with Gasteiger partial charge in [0, 0.05) is 19.3 Å². The van der Waals surface area contributed by atoms with Gasteiger partial charge in [-0.15, -0.1) is 0 Å². The van der Waals surface area contributed by atoms with Crippen LogP contribution in [0.1, 0.15) is 12.8 Å². The highest BCUT2D eigenvalue weighted by atomic mass is 35.5. The van der Waals surface area contributed by atoms with Crippen LogP contribution in [0.4, 0.5) is 10.2 Å². The molecule has 1 fully saturated rings. The molecule has 1 saturated carbocycles. The number of aromatic nitrogens is 1. The Morgan fingerprint density at radius 1 is 1.71 bits per heavy atom. The fraction of sp³-hybridized carbons (Fsp3) is 0.455. The Balaban J connectivity index is 1.97. The molecular weight excluding hydrogens is 245 g/mol. The molecule has 1 amide bonds. The van der Waals surface area contributed by atoms with E-state index in [9.17, 15) is 9.18 Å². The quantitative estimate of drug-likeness (QED) is 0.891. The Kier molecular flexibility index (Phi) is 3.47. The molecule has 0 bridgehead atoms. The molecule has 0 atom stereocenters. The summed E-state index contributed by atoms with van der Waals surface area (Å²) in [4.78, 5) is 16.9. The van der Waals surface area contributed by atoms with Crippen LogP contribution in [-0.2, 0) is 4.79 Å². The van der Waals surface area contributed by atoms with Crippen LogP contribution in [0.15, 0.2) is 12.3 Å². The molecule has 2 rings (SSSR count). The van der Waals surface area contributed by atoms with E-state index >= 15 is 0 Å². The Morgan fingerprint density at radius 3 is 3.00 bits per heavy atom. The Morgan fingerprint density at radius 2 is 2.41 bits per heavy atom. The van der Waals surface area contributed by atoms with Crippen molar-refractivity contribution in [3.8, 4) is 0 Å². The number of hydrogen-bond acceptors (Lipinski definition) is 3. The SMILES string of the molecule is CN(CC(=O)NC1CC1)c1ncc(Cl)cc1F. The van der Waals surface area contributed by atoms with Crippen molar-refractivity contribution in [3.05, 3.63) is 23.1 Å². The Hall–Kier alpha value is -1.36. The molecule has 1 N–H and O–H groups in total. The molecule has 0 aromatic carbocycles. The van der Waals surface area contributed by atoms with Crippen LogP contribution in [0.25, 0.3) is 0 Å². The van der Waals surface area contributed by atoms with Crippen molar-refractivity contribution in [1.82, 2.24) is 10.3 Å². The van der Waals surface area contributed by atoms with Gasteiger partial charge >= 0.3 is 0 Å². The molecule has 0 unspecified atom stereocenters. The second-order valence-electron chi connectivity index (χ2n) is 4.16. The van der Waals surface area contributed by atoms with Crippen LogP contribution in [0.2, 0.25) is 5.02 Å². The van der Waals surface area contributed by atoms with Gasteiger partial charge in [0.15, 0.2) is 11.6 Å². The summed E-state index contributed by atoms with van der Waals surface area (Å²) in [5.74, 6) is -0.522. The number of rotatable bonds is 4. The Bertz CT molecular complexity index is 437. The first kappa shape index (κ1) is 12.1. The zero-order valence-corrected chi connectivity index (χ0v) is 10.2. The zero-order valence-electron chi connectivity index (χ0n) is 9.41. The van der Waals surface area contributed by atoms with Crippen molar-refractivity contribution in [2.75, 3.05) is 18.5 Å². The van der Waals surface area contributed by atoms with Gasteiger partial charge < -0.3 is 10.2 Å². The molecule has 0 saturated heterocycles. The molecular formula is C11H13ClFN3O. The zero-order chi connectivity index (χ0) is 12.4. The summed E-state index contributed by atoms with van der Waals surface area (Å²) in [6.45, 7) is 0.0854. The van der Waals surface area contributed by atoms with Crippen LogP contribution >= 0.6 is 11.6 Å². The third-order valence-electron chi connectivity index (χ3n) is 2.47. The maximum absolute atomic E-state index is 13.5. The van der Waals surface area contributed by atoms with Gasteiger partial charge in [-0.05, 0) is 18.9 Å². The number of carbonyl (C=O) groups excluding carboxylic acids is 1. The molecule has 1 aromatic rings. The van der Waals surface area contributed by atoms with Gasteiger partial charge in [0.1, 0.15) is 0 Å². The number of amides is 1. The van der Waals surface area contributed by atoms with Gasteiger partial charge in [-0.3, -0.25) is 4.79 Å².